The molecule has 0 bridgehead atoms. The molecule has 1 aromatic heterocycles. The Labute approximate surface area is 209 Å². The monoisotopic (exact) mass is 483 g/mol. The number of hydrogen-bond donors (Lipinski definition) is 1. The van der Waals surface area contributed by atoms with E-state index in [2.05, 4.69) is 22.3 Å². The van der Waals surface area contributed by atoms with Gasteiger partial charge < -0.3 is 14.6 Å². The van der Waals surface area contributed by atoms with Crippen molar-refractivity contribution in [2.24, 2.45) is 0 Å². The zero-order valence-corrected chi connectivity index (χ0v) is 20.1. The van der Waals surface area contributed by atoms with E-state index in [1.54, 1.807) is 28.8 Å². The molecule has 3 aromatic carbocycles. The Morgan fingerprint density at radius 2 is 1.42 bits per heavy atom. The first-order valence-corrected chi connectivity index (χ1v) is 12.3. The van der Waals surface area contributed by atoms with Crippen LogP contribution in [0.15, 0.2) is 83.7 Å². The summed E-state index contributed by atoms with van der Waals surface area (Å²) in [6.07, 6.45) is 1.73. The Morgan fingerprint density at radius 1 is 0.833 bits per heavy atom. The molecule has 7 nitrogen and oxygen atoms in total. The molecule has 7 heteroatoms. The van der Waals surface area contributed by atoms with Crippen molar-refractivity contribution in [3.63, 3.8) is 0 Å². The molecule has 4 aromatic rings. The van der Waals surface area contributed by atoms with E-state index < -0.39 is 5.97 Å². The van der Waals surface area contributed by atoms with Gasteiger partial charge in [-0.25, -0.2) is 0 Å². The number of rotatable bonds is 7. The average molecular weight is 484 g/mol. The van der Waals surface area contributed by atoms with Gasteiger partial charge in [-0.3, -0.25) is 19.3 Å². The maximum atomic E-state index is 12.9. The van der Waals surface area contributed by atoms with Gasteiger partial charge >= 0.3 is 5.97 Å². The van der Waals surface area contributed by atoms with E-state index in [1.165, 1.54) is 5.56 Å². The number of aromatic nitrogens is 1. The lowest BCUT2D eigenvalue weighted by atomic mass is 10.0. The van der Waals surface area contributed by atoms with E-state index in [-0.39, 0.29) is 30.5 Å². The second-order valence-electron chi connectivity index (χ2n) is 9.21. The molecule has 184 valence electrons. The fourth-order valence-corrected chi connectivity index (χ4v) is 4.91. The number of amides is 1. The number of pyridine rings is 1. The van der Waals surface area contributed by atoms with Crippen LogP contribution in [0, 0.1) is 0 Å². The molecule has 2 heterocycles. The first kappa shape index (κ1) is 23.8. The van der Waals surface area contributed by atoms with E-state index >= 15 is 0 Å². The number of carbonyl (C=O) groups excluding carboxylic acids is 2. The minimum Gasteiger partial charge on any atom is -0.454 e. The summed E-state index contributed by atoms with van der Waals surface area (Å²) in [6.45, 7) is 2.32. The molecule has 1 aliphatic heterocycles. The highest BCUT2D eigenvalue weighted by Crippen LogP contribution is 2.19. The molecule has 0 aliphatic carbocycles. The van der Waals surface area contributed by atoms with Crippen LogP contribution in [0.25, 0.3) is 21.8 Å². The summed E-state index contributed by atoms with van der Waals surface area (Å²) in [7, 11) is 0. The van der Waals surface area contributed by atoms with Crippen molar-refractivity contribution in [1.29, 1.82) is 0 Å². The predicted octanol–water partition coefficient (Wildman–Crippen LogP) is 3.48. The molecule has 1 fully saturated rings. The summed E-state index contributed by atoms with van der Waals surface area (Å²) in [6, 6.07) is 24.8. The van der Waals surface area contributed by atoms with Gasteiger partial charge in [0.15, 0.2) is 12.0 Å². The maximum absolute atomic E-state index is 12.9. The number of hydrogen-bond acceptors (Lipinski definition) is 5. The van der Waals surface area contributed by atoms with Crippen LogP contribution in [-0.4, -0.2) is 47.1 Å². The molecule has 0 radical (unpaired) electrons. The van der Waals surface area contributed by atoms with Crippen molar-refractivity contribution < 1.29 is 14.3 Å². The number of ether oxygens (including phenoxy) is 1. The second kappa shape index (κ2) is 10.7. The number of piperidine rings is 1. The van der Waals surface area contributed by atoms with Crippen molar-refractivity contribution >= 4 is 33.7 Å². The van der Waals surface area contributed by atoms with Crippen LogP contribution in [0.4, 0.5) is 0 Å². The van der Waals surface area contributed by atoms with E-state index in [0.717, 1.165) is 32.5 Å². The Kier molecular flexibility index (Phi) is 7.09. The van der Waals surface area contributed by atoms with Crippen LogP contribution >= 0.6 is 0 Å². The van der Waals surface area contributed by atoms with Crippen molar-refractivity contribution in [1.82, 2.24) is 14.8 Å². The number of nitrogens with zero attached hydrogens (tertiary/aromatic N) is 2. The third-order valence-corrected chi connectivity index (χ3v) is 6.73. The van der Waals surface area contributed by atoms with Gasteiger partial charge in [0.05, 0.1) is 11.0 Å². The third kappa shape index (κ3) is 5.31. The van der Waals surface area contributed by atoms with Gasteiger partial charge in [-0.05, 0) is 42.7 Å². The molecule has 5 rings (SSSR count). The minimum atomic E-state index is -0.526. The van der Waals surface area contributed by atoms with Gasteiger partial charge in [0, 0.05) is 36.4 Å². The lowest BCUT2D eigenvalue weighted by molar-refractivity contribution is -0.149. The standard InChI is InChI=1S/C29H29N3O4/c33-27(30-22-14-16-31(17-15-22)18-21-8-2-1-3-9-21)20-36-28(34)19-32-25-12-6-4-10-23(25)29(35)24-11-5-7-13-26(24)32/h1-13,22H,14-20H2,(H,30,33). The van der Waals surface area contributed by atoms with E-state index in [0.29, 0.717) is 21.8 Å². The van der Waals surface area contributed by atoms with Crippen molar-refractivity contribution in [2.45, 2.75) is 32.0 Å². The molecule has 0 atom stereocenters. The van der Waals surface area contributed by atoms with Crippen molar-refractivity contribution in [2.75, 3.05) is 19.7 Å². The zero-order chi connectivity index (χ0) is 24.9. The quantitative estimate of drug-likeness (QED) is 0.322. The van der Waals surface area contributed by atoms with Crippen LogP contribution in [0.3, 0.4) is 0 Å². The number of nitrogens with one attached hydrogen (secondary N) is 1. The van der Waals surface area contributed by atoms with Gasteiger partial charge in [-0.2, -0.15) is 0 Å². The SMILES string of the molecule is O=C(COC(=O)Cn1c2ccccc2c(=O)c2ccccc21)NC1CCN(Cc2ccccc2)CC1. The Morgan fingerprint density at radius 3 is 2.06 bits per heavy atom. The van der Waals surface area contributed by atoms with Gasteiger partial charge in [0.2, 0.25) is 0 Å². The van der Waals surface area contributed by atoms with E-state index in [4.69, 9.17) is 4.74 Å². The molecular weight excluding hydrogens is 454 g/mol. The number of carbonyl (C=O) groups is 2. The molecule has 36 heavy (non-hydrogen) atoms. The van der Waals surface area contributed by atoms with Crippen LogP contribution in [0.2, 0.25) is 0 Å². The molecule has 1 aliphatic rings. The summed E-state index contributed by atoms with van der Waals surface area (Å²) in [4.78, 5) is 40.4. The summed E-state index contributed by atoms with van der Waals surface area (Å²) >= 11 is 0. The molecule has 0 saturated carbocycles. The fourth-order valence-electron chi connectivity index (χ4n) is 4.91. The molecule has 1 saturated heterocycles. The van der Waals surface area contributed by atoms with Gasteiger partial charge in [-0.15, -0.1) is 0 Å². The summed E-state index contributed by atoms with van der Waals surface area (Å²) < 4.78 is 7.09. The topological polar surface area (TPSA) is 80.6 Å². The number of likely N-dealkylation sites (tertiary alicyclic amines) is 1. The summed E-state index contributed by atoms with van der Waals surface area (Å²) in [5.74, 6) is -0.818. The predicted molar refractivity (Wildman–Crippen MR) is 140 cm³/mol. The Hall–Kier alpha value is -3.97. The van der Waals surface area contributed by atoms with Crippen molar-refractivity contribution in [3.8, 4) is 0 Å². The number of benzene rings is 3. The first-order chi connectivity index (χ1) is 17.6. The lowest BCUT2D eigenvalue weighted by Crippen LogP contribution is -2.45. The fraction of sp³-hybridized carbons (Fsp3) is 0.276. The van der Waals surface area contributed by atoms with E-state index in [9.17, 15) is 14.4 Å². The summed E-state index contributed by atoms with van der Waals surface area (Å²) in [5, 5.41) is 4.08. The largest absolute Gasteiger partial charge is 0.454 e. The molecule has 0 unspecified atom stereocenters. The number of esters is 1. The lowest BCUT2D eigenvalue weighted by Gasteiger charge is -2.32. The zero-order valence-electron chi connectivity index (χ0n) is 20.1. The number of fused-ring (bicyclic) bond motifs is 2. The highest BCUT2D eigenvalue weighted by molar-refractivity contribution is 5.94. The summed E-state index contributed by atoms with van der Waals surface area (Å²) in [5.41, 5.74) is 2.53. The van der Waals surface area contributed by atoms with Crippen LogP contribution < -0.4 is 10.7 Å². The second-order valence-corrected chi connectivity index (χ2v) is 9.21. The molecule has 0 spiro atoms. The first-order valence-electron chi connectivity index (χ1n) is 12.3. The Balaban J connectivity index is 1.15. The van der Waals surface area contributed by atoms with Gasteiger partial charge in [-0.1, -0.05) is 54.6 Å². The molecule has 1 N–H and O–H groups in total. The maximum Gasteiger partial charge on any atom is 0.326 e. The highest BCUT2D eigenvalue weighted by atomic mass is 16.5. The molecule has 1 amide bonds. The van der Waals surface area contributed by atoms with Gasteiger partial charge in [0.1, 0.15) is 6.54 Å². The third-order valence-electron chi connectivity index (χ3n) is 6.73. The van der Waals surface area contributed by atoms with Crippen molar-refractivity contribution in [3.05, 3.63) is 94.6 Å². The smallest absolute Gasteiger partial charge is 0.326 e. The minimum absolute atomic E-state index is 0.0694. The molecular formula is C29H29N3O4. The van der Waals surface area contributed by atoms with Gasteiger partial charge in [0.25, 0.3) is 5.91 Å². The van der Waals surface area contributed by atoms with E-state index in [1.807, 2.05) is 42.5 Å². The van der Waals surface area contributed by atoms with Crippen LogP contribution in [0.1, 0.15) is 18.4 Å². The van der Waals surface area contributed by atoms with Crippen LogP contribution in [0.5, 0.6) is 0 Å². The Bertz CT molecular complexity index is 1380. The normalized spacial score (nSPS) is 14.7. The van der Waals surface area contributed by atoms with Crippen LogP contribution in [-0.2, 0) is 27.4 Å². The highest BCUT2D eigenvalue weighted by Gasteiger charge is 2.21. The number of para-hydroxylation sites is 2. The average Bonchev–Trinajstić information content (AvgIpc) is 2.91.